The van der Waals surface area contributed by atoms with Crippen LogP contribution in [0.25, 0.3) is 0 Å². The van der Waals surface area contributed by atoms with Crippen molar-refractivity contribution in [2.45, 2.75) is 19.0 Å². The van der Waals surface area contributed by atoms with Crippen molar-refractivity contribution in [2.75, 3.05) is 26.8 Å². The topological polar surface area (TPSA) is 15.3 Å². The lowest BCUT2D eigenvalue weighted by molar-refractivity contribution is 0.157. The minimum absolute atomic E-state index is 0.262. The highest BCUT2D eigenvalue weighted by Gasteiger charge is 2.24. The lowest BCUT2D eigenvalue weighted by atomic mass is 9.94. The first-order chi connectivity index (χ1) is 7.85. The maximum absolute atomic E-state index is 12.5. The predicted molar refractivity (Wildman–Crippen MR) is 64.2 cm³/mol. The number of nitrogens with one attached hydrogen (secondary N) is 1. The molecule has 1 N–H and O–H groups in total. The van der Waals surface area contributed by atoms with Gasteiger partial charge in [-0.1, -0.05) is 24.3 Å². The molecule has 0 bridgehead atoms. The lowest BCUT2D eigenvalue weighted by Crippen LogP contribution is -2.46. The Kier molecular flexibility index (Phi) is 3.91. The minimum Gasteiger partial charge on any atom is -0.318 e. The molecule has 0 aromatic heterocycles. The number of alkyl halides is 1. The van der Waals surface area contributed by atoms with Crippen LogP contribution in [0.2, 0.25) is 0 Å². The van der Waals surface area contributed by atoms with Crippen LogP contribution in [0.15, 0.2) is 24.3 Å². The largest absolute Gasteiger partial charge is 0.318 e. The summed E-state index contributed by atoms with van der Waals surface area (Å²) in [6.45, 7) is 2.09. The van der Waals surface area contributed by atoms with Gasteiger partial charge in [0.1, 0.15) is 6.67 Å². The fourth-order valence-electron chi connectivity index (χ4n) is 2.45. The molecule has 1 aromatic rings. The van der Waals surface area contributed by atoms with Crippen LogP contribution in [0, 0.1) is 0 Å². The van der Waals surface area contributed by atoms with Gasteiger partial charge in [-0.15, -0.1) is 0 Å². The summed E-state index contributed by atoms with van der Waals surface area (Å²) in [4.78, 5) is 2.23. The van der Waals surface area contributed by atoms with Crippen molar-refractivity contribution in [2.24, 2.45) is 0 Å². The minimum atomic E-state index is -0.262. The lowest BCUT2D eigenvalue weighted by Gasteiger charge is -2.36. The molecule has 16 heavy (non-hydrogen) atoms. The number of hydrogen-bond donors (Lipinski definition) is 1. The van der Waals surface area contributed by atoms with Crippen molar-refractivity contribution < 1.29 is 4.39 Å². The van der Waals surface area contributed by atoms with E-state index in [4.69, 9.17) is 0 Å². The number of halogens is 1. The Morgan fingerprint density at radius 2 is 2.12 bits per heavy atom. The molecular formula is C13H19FN2. The van der Waals surface area contributed by atoms with Crippen LogP contribution in [0.3, 0.4) is 0 Å². The molecule has 0 spiro atoms. The van der Waals surface area contributed by atoms with Gasteiger partial charge in [-0.05, 0) is 24.6 Å². The molecule has 1 aliphatic heterocycles. The summed E-state index contributed by atoms with van der Waals surface area (Å²) in [7, 11) is 1.95. The van der Waals surface area contributed by atoms with Crippen molar-refractivity contribution in [3.8, 4) is 0 Å². The molecule has 0 aliphatic carbocycles. The predicted octanol–water partition coefficient (Wildman–Crippen LogP) is 1.60. The number of nitrogens with zero attached hydrogens (tertiary/aromatic N) is 1. The molecule has 2 nitrogen and oxygen atoms in total. The summed E-state index contributed by atoms with van der Waals surface area (Å²) in [6.07, 6.45) is 1.02. The van der Waals surface area contributed by atoms with E-state index < -0.39 is 0 Å². The number of fused-ring (bicyclic) bond motifs is 1. The number of benzene rings is 1. The maximum atomic E-state index is 12.5. The third-order valence-electron chi connectivity index (χ3n) is 3.28. The molecular weight excluding hydrogens is 203 g/mol. The van der Waals surface area contributed by atoms with Crippen molar-refractivity contribution in [1.29, 1.82) is 0 Å². The Bertz CT molecular complexity index is 307. The van der Waals surface area contributed by atoms with E-state index in [9.17, 15) is 4.39 Å². The van der Waals surface area contributed by atoms with Gasteiger partial charge in [0.25, 0.3) is 0 Å². The second kappa shape index (κ2) is 5.41. The molecule has 1 aliphatic rings. The summed E-state index contributed by atoms with van der Waals surface area (Å²) in [6, 6.07) is 8.90. The average molecular weight is 222 g/mol. The highest BCUT2D eigenvalue weighted by molar-refractivity contribution is 5.30. The van der Waals surface area contributed by atoms with Gasteiger partial charge in [-0.3, -0.25) is 4.90 Å². The Morgan fingerprint density at radius 3 is 2.81 bits per heavy atom. The highest BCUT2D eigenvalue weighted by Crippen LogP contribution is 2.22. The fourth-order valence-corrected chi connectivity index (χ4v) is 2.45. The normalized spacial score (nSPS) is 20.8. The van der Waals surface area contributed by atoms with E-state index in [0.29, 0.717) is 12.6 Å². The Balaban J connectivity index is 2.15. The summed E-state index contributed by atoms with van der Waals surface area (Å²) in [5.41, 5.74) is 2.76. The SMILES string of the molecule is CNCC1Cc2ccccc2CN1CCF. The highest BCUT2D eigenvalue weighted by atomic mass is 19.1. The van der Waals surface area contributed by atoms with E-state index >= 15 is 0 Å². The summed E-state index contributed by atoms with van der Waals surface area (Å²) in [5, 5.41) is 3.19. The van der Waals surface area contributed by atoms with E-state index in [2.05, 4.69) is 34.5 Å². The molecule has 0 saturated heterocycles. The third-order valence-corrected chi connectivity index (χ3v) is 3.28. The van der Waals surface area contributed by atoms with Gasteiger partial charge in [0, 0.05) is 25.7 Å². The summed E-state index contributed by atoms with van der Waals surface area (Å²) >= 11 is 0. The molecule has 1 atom stereocenters. The van der Waals surface area contributed by atoms with Gasteiger partial charge in [-0.25, -0.2) is 4.39 Å². The van der Waals surface area contributed by atoms with Crippen molar-refractivity contribution in [1.82, 2.24) is 10.2 Å². The molecule has 2 rings (SSSR count). The van der Waals surface area contributed by atoms with Gasteiger partial charge in [0.2, 0.25) is 0 Å². The maximum Gasteiger partial charge on any atom is 0.102 e. The summed E-state index contributed by atoms with van der Waals surface area (Å²) in [5.74, 6) is 0. The molecule has 0 radical (unpaired) electrons. The smallest absolute Gasteiger partial charge is 0.102 e. The van der Waals surface area contributed by atoms with Crippen molar-refractivity contribution >= 4 is 0 Å². The van der Waals surface area contributed by atoms with Gasteiger partial charge in [-0.2, -0.15) is 0 Å². The van der Waals surface area contributed by atoms with Crippen LogP contribution in [0.5, 0.6) is 0 Å². The first-order valence-electron chi connectivity index (χ1n) is 5.86. The molecule has 0 saturated carbocycles. The van der Waals surface area contributed by atoms with E-state index in [1.807, 2.05) is 7.05 Å². The van der Waals surface area contributed by atoms with Gasteiger partial charge in [0.05, 0.1) is 0 Å². The molecule has 1 heterocycles. The van der Waals surface area contributed by atoms with Crippen LogP contribution in [-0.4, -0.2) is 37.8 Å². The van der Waals surface area contributed by atoms with E-state index in [0.717, 1.165) is 19.5 Å². The number of rotatable bonds is 4. The Labute approximate surface area is 96.5 Å². The zero-order valence-electron chi connectivity index (χ0n) is 9.75. The van der Waals surface area contributed by atoms with Crippen LogP contribution >= 0.6 is 0 Å². The van der Waals surface area contributed by atoms with Gasteiger partial charge < -0.3 is 5.32 Å². The van der Waals surface area contributed by atoms with Crippen molar-refractivity contribution in [3.05, 3.63) is 35.4 Å². The second-order valence-electron chi connectivity index (χ2n) is 4.34. The van der Waals surface area contributed by atoms with Crippen LogP contribution < -0.4 is 5.32 Å². The Hall–Kier alpha value is -0.930. The molecule has 1 aromatic carbocycles. The monoisotopic (exact) mass is 222 g/mol. The molecule has 0 amide bonds. The Morgan fingerprint density at radius 1 is 1.38 bits per heavy atom. The molecule has 1 unspecified atom stereocenters. The average Bonchev–Trinajstić information content (AvgIpc) is 2.30. The summed E-state index contributed by atoms with van der Waals surface area (Å²) < 4.78 is 12.5. The third kappa shape index (κ3) is 2.42. The van der Waals surface area contributed by atoms with Crippen molar-refractivity contribution in [3.63, 3.8) is 0 Å². The van der Waals surface area contributed by atoms with E-state index in [1.165, 1.54) is 11.1 Å². The van der Waals surface area contributed by atoms with Crippen LogP contribution in [0.4, 0.5) is 4.39 Å². The number of likely N-dealkylation sites (N-methyl/N-ethyl adjacent to an activating group) is 1. The molecule has 3 heteroatoms. The van der Waals surface area contributed by atoms with Crippen LogP contribution in [-0.2, 0) is 13.0 Å². The fraction of sp³-hybridized carbons (Fsp3) is 0.538. The standard InChI is InChI=1S/C13H19FN2/c1-15-9-13-8-11-4-2-3-5-12(11)10-16(13)7-6-14/h2-5,13,15H,6-10H2,1H3. The first kappa shape index (κ1) is 11.6. The van der Waals surface area contributed by atoms with E-state index in [1.54, 1.807) is 0 Å². The zero-order valence-corrected chi connectivity index (χ0v) is 9.75. The molecule has 0 fully saturated rings. The van der Waals surface area contributed by atoms with E-state index in [-0.39, 0.29) is 6.67 Å². The molecule has 88 valence electrons. The quantitative estimate of drug-likeness (QED) is 0.832. The van der Waals surface area contributed by atoms with Gasteiger partial charge in [0.15, 0.2) is 0 Å². The number of hydrogen-bond acceptors (Lipinski definition) is 2. The second-order valence-corrected chi connectivity index (χ2v) is 4.34. The van der Waals surface area contributed by atoms with Gasteiger partial charge >= 0.3 is 0 Å². The zero-order chi connectivity index (χ0) is 11.4. The first-order valence-corrected chi connectivity index (χ1v) is 5.86. The van der Waals surface area contributed by atoms with Crippen LogP contribution in [0.1, 0.15) is 11.1 Å².